The van der Waals surface area contributed by atoms with Crippen LogP contribution in [0.3, 0.4) is 0 Å². The van der Waals surface area contributed by atoms with E-state index < -0.39 is 11.5 Å². The number of nitrogens with zero attached hydrogens (tertiary/aromatic N) is 1. The standard InChI is InChI=1S/C6H10NO3.C2H5.2Y/c1-6(9)3-2-4-7(10)5(6)8;1-2;;/h9-10H,1-4H2;1H2,2H3;;/q2*-1;;. The molecule has 14 heavy (non-hydrogen) atoms. The Morgan fingerprint density at radius 3 is 2.14 bits per heavy atom. The average Bonchev–Trinajstić information content (AvgIpc) is 2.04. The van der Waals surface area contributed by atoms with E-state index in [1.165, 1.54) is 0 Å². The normalized spacial score (nSPS) is 25.2. The van der Waals surface area contributed by atoms with Gasteiger partial charge in [-0.1, -0.05) is 0 Å². The van der Waals surface area contributed by atoms with Gasteiger partial charge in [-0.3, -0.25) is 10.0 Å². The van der Waals surface area contributed by atoms with E-state index in [1.54, 1.807) is 6.92 Å². The van der Waals surface area contributed by atoms with Crippen LogP contribution in [0.1, 0.15) is 19.8 Å². The molecule has 1 rings (SSSR count). The fourth-order valence-corrected chi connectivity index (χ4v) is 0.970. The summed E-state index contributed by atoms with van der Waals surface area (Å²) in [5, 5.41) is 18.5. The zero-order valence-corrected chi connectivity index (χ0v) is 14.1. The Balaban J connectivity index is -0.000000284. The van der Waals surface area contributed by atoms with Crippen LogP contribution in [0.4, 0.5) is 0 Å². The Morgan fingerprint density at radius 2 is 1.86 bits per heavy atom. The van der Waals surface area contributed by atoms with Gasteiger partial charge in [0.05, 0.1) is 0 Å². The number of hydroxylamine groups is 2. The maximum Gasteiger partial charge on any atom is 0.246 e. The van der Waals surface area contributed by atoms with Crippen molar-refractivity contribution in [2.24, 2.45) is 0 Å². The predicted octanol–water partition coefficient (Wildman–Crippen LogP) is 0.399. The van der Waals surface area contributed by atoms with Gasteiger partial charge in [0.15, 0.2) is 0 Å². The van der Waals surface area contributed by atoms with Crippen LogP contribution in [0.25, 0.3) is 0 Å². The van der Waals surface area contributed by atoms with Gasteiger partial charge in [-0.15, -0.1) is 0 Å². The third kappa shape index (κ3) is 6.24. The number of hydrogen-bond donors (Lipinski definition) is 2. The van der Waals surface area contributed by atoms with Crippen molar-refractivity contribution < 1.29 is 80.5 Å². The molecule has 1 aliphatic heterocycles. The van der Waals surface area contributed by atoms with Gasteiger partial charge in [-0.25, -0.2) is 5.06 Å². The molecule has 2 radical (unpaired) electrons. The molecular weight excluding hydrogens is 336 g/mol. The van der Waals surface area contributed by atoms with Crippen LogP contribution in [0.15, 0.2) is 0 Å². The molecule has 0 aromatic heterocycles. The van der Waals surface area contributed by atoms with Crippen LogP contribution in [0.5, 0.6) is 0 Å². The van der Waals surface area contributed by atoms with Crippen LogP contribution < -0.4 is 0 Å². The number of amides is 1. The number of hydrogen-bond acceptors (Lipinski definition) is 3. The quantitative estimate of drug-likeness (QED) is 0.491. The Morgan fingerprint density at radius 1 is 1.43 bits per heavy atom. The Kier molecular flexibility index (Phi) is 14.7. The molecule has 0 bridgehead atoms. The summed E-state index contributed by atoms with van der Waals surface area (Å²) in [7, 11) is 0. The van der Waals surface area contributed by atoms with E-state index in [-0.39, 0.29) is 72.0 Å². The van der Waals surface area contributed by atoms with Crippen LogP contribution in [-0.4, -0.2) is 33.4 Å². The maximum absolute atomic E-state index is 10.8. The number of carbonyl (C=O) groups is 1. The first kappa shape index (κ1) is 20.9. The van der Waals surface area contributed by atoms with Gasteiger partial charge >= 0.3 is 0 Å². The molecule has 1 atom stereocenters. The topological polar surface area (TPSA) is 60.8 Å². The van der Waals surface area contributed by atoms with Gasteiger partial charge in [0.1, 0.15) is 0 Å². The molecule has 6 heteroatoms. The number of piperidine rings is 1. The van der Waals surface area contributed by atoms with Crippen molar-refractivity contribution in [3.63, 3.8) is 0 Å². The van der Waals surface area contributed by atoms with Gasteiger partial charge in [0.25, 0.3) is 0 Å². The molecule has 78 valence electrons. The number of aliphatic hydroxyl groups is 1. The largest absolute Gasteiger partial charge is 0.413 e. The number of carbonyl (C=O) groups excluding carboxylic acids is 1. The third-order valence-electron chi connectivity index (χ3n) is 1.59. The van der Waals surface area contributed by atoms with E-state index in [2.05, 4.69) is 13.8 Å². The molecule has 0 aromatic carbocycles. The van der Waals surface area contributed by atoms with Crippen LogP contribution in [0, 0.1) is 13.8 Å². The number of rotatable bonds is 0. The first-order chi connectivity index (χ1) is 5.54. The Labute approximate surface area is 136 Å². The Hall–Kier alpha value is 1.60. The molecule has 4 nitrogen and oxygen atoms in total. The summed E-state index contributed by atoms with van der Waals surface area (Å²) in [6.45, 7) is 8.55. The van der Waals surface area contributed by atoms with Gasteiger partial charge in [-0.05, 0) is 12.8 Å². The van der Waals surface area contributed by atoms with E-state index >= 15 is 0 Å². The van der Waals surface area contributed by atoms with E-state index in [4.69, 9.17) is 10.3 Å². The minimum absolute atomic E-state index is 0. The monoisotopic (exact) mass is 351 g/mol. The maximum atomic E-state index is 10.8. The molecule has 1 heterocycles. The van der Waals surface area contributed by atoms with E-state index in [0.717, 1.165) is 0 Å². The minimum Gasteiger partial charge on any atom is -0.413 e. The van der Waals surface area contributed by atoms with Gasteiger partial charge in [-0.2, -0.15) is 6.92 Å². The second kappa shape index (κ2) is 9.80. The summed E-state index contributed by atoms with van der Waals surface area (Å²) in [5.74, 6) is -0.709. The molecule has 1 fully saturated rings. The first-order valence-electron chi connectivity index (χ1n) is 3.83. The molecule has 0 spiro atoms. The van der Waals surface area contributed by atoms with Crippen molar-refractivity contribution in [2.75, 3.05) is 6.54 Å². The van der Waals surface area contributed by atoms with Crippen molar-refractivity contribution in [2.45, 2.75) is 25.4 Å². The van der Waals surface area contributed by atoms with E-state index in [9.17, 15) is 4.79 Å². The SMILES string of the molecule is [CH2-]C.[CH2-]C1(O)CCCN(O)C1=O.[Y].[Y]. The molecule has 1 aliphatic rings. The summed E-state index contributed by atoms with van der Waals surface area (Å²) in [6, 6.07) is 0. The molecule has 0 saturated carbocycles. The van der Waals surface area contributed by atoms with Gasteiger partial charge < -0.3 is 19.0 Å². The second-order valence-corrected chi connectivity index (χ2v) is 2.56. The summed E-state index contributed by atoms with van der Waals surface area (Å²) in [6.07, 6.45) is 0.908. The summed E-state index contributed by atoms with van der Waals surface area (Å²) >= 11 is 0. The average molecular weight is 351 g/mol. The molecule has 1 saturated heterocycles. The van der Waals surface area contributed by atoms with E-state index in [1.807, 2.05) is 0 Å². The van der Waals surface area contributed by atoms with Crippen LogP contribution >= 0.6 is 0 Å². The molecule has 1 amide bonds. The van der Waals surface area contributed by atoms with Crippen molar-refractivity contribution >= 4 is 5.91 Å². The van der Waals surface area contributed by atoms with Crippen LogP contribution in [0.2, 0.25) is 0 Å². The van der Waals surface area contributed by atoms with Crippen LogP contribution in [-0.2, 0) is 70.2 Å². The summed E-state index contributed by atoms with van der Waals surface area (Å²) in [4.78, 5) is 10.8. The fraction of sp³-hybridized carbons (Fsp3) is 0.625. The summed E-state index contributed by atoms with van der Waals surface area (Å²) in [5.41, 5.74) is -1.60. The second-order valence-electron chi connectivity index (χ2n) is 2.56. The van der Waals surface area contributed by atoms with Crippen molar-refractivity contribution in [3.05, 3.63) is 13.8 Å². The third-order valence-corrected chi connectivity index (χ3v) is 1.59. The molecule has 0 aliphatic carbocycles. The van der Waals surface area contributed by atoms with Crippen molar-refractivity contribution in [3.8, 4) is 0 Å². The van der Waals surface area contributed by atoms with Crippen molar-refractivity contribution in [1.82, 2.24) is 5.06 Å². The molecule has 0 aromatic rings. The predicted molar refractivity (Wildman–Crippen MR) is 44.1 cm³/mol. The zero-order chi connectivity index (χ0) is 9.78. The molecule has 1 unspecified atom stereocenters. The first-order valence-corrected chi connectivity index (χ1v) is 3.83. The van der Waals surface area contributed by atoms with Gasteiger partial charge in [0.2, 0.25) is 5.91 Å². The minimum atomic E-state index is -1.60. The van der Waals surface area contributed by atoms with Gasteiger partial charge in [0, 0.05) is 77.6 Å². The Bertz CT molecular complexity index is 165. The molecule has 2 N–H and O–H groups in total. The smallest absolute Gasteiger partial charge is 0.246 e. The van der Waals surface area contributed by atoms with E-state index in [0.29, 0.717) is 17.9 Å². The summed E-state index contributed by atoms with van der Waals surface area (Å²) < 4.78 is 0. The fourth-order valence-electron chi connectivity index (χ4n) is 0.970. The zero-order valence-electron chi connectivity index (χ0n) is 8.44. The van der Waals surface area contributed by atoms with Crippen molar-refractivity contribution in [1.29, 1.82) is 0 Å². The molecular formula is C8H15NO3Y2-2.